The highest BCUT2D eigenvalue weighted by Crippen LogP contribution is 2.28. The fourth-order valence-corrected chi connectivity index (χ4v) is 3.42. The van der Waals surface area contributed by atoms with Crippen molar-refractivity contribution in [2.45, 2.75) is 10.1 Å². The lowest BCUT2D eigenvalue weighted by molar-refractivity contribution is -0.111. The smallest absolute Gasteiger partial charge is 0.248 e. The number of hydrogen-bond donors (Lipinski definition) is 2. The Hall–Kier alpha value is -3.31. The molecular formula is C22H17N3OS. The summed E-state index contributed by atoms with van der Waals surface area (Å²) in [6, 6.07) is 25.4. The molecule has 2 N–H and O–H groups in total. The first-order valence-corrected chi connectivity index (χ1v) is 9.35. The lowest BCUT2D eigenvalue weighted by atomic mass is 10.2. The van der Waals surface area contributed by atoms with Crippen molar-refractivity contribution in [2.24, 2.45) is 0 Å². The molecule has 0 aliphatic heterocycles. The Morgan fingerprint density at radius 1 is 0.926 bits per heavy atom. The number of fused-ring (bicyclic) bond motifs is 1. The van der Waals surface area contributed by atoms with E-state index in [1.807, 2.05) is 78.9 Å². The van der Waals surface area contributed by atoms with E-state index in [-0.39, 0.29) is 5.91 Å². The van der Waals surface area contributed by atoms with E-state index in [0.29, 0.717) is 0 Å². The highest BCUT2D eigenvalue weighted by Gasteiger charge is 2.05. The molecule has 1 amide bonds. The van der Waals surface area contributed by atoms with Crippen LogP contribution in [0.4, 0.5) is 5.69 Å². The van der Waals surface area contributed by atoms with Gasteiger partial charge in [0.15, 0.2) is 5.16 Å². The molecule has 0 unspecified atom stereocenters. The van der Waals surface area contributed by atoms with Gasteiger partial charge in [-0.25, -0.2) is 4.98 Å². The van der Waals surface area contributed by atoms with E-state index in [1.54, 1.807) is 17.8 Å². The second-order valence-corrected chi connectivity index (χ2v) is 6.98. The van der Waals surface area contributed by atoms with Gasteiger partial charge in [0.05, 0.1) is 11.0 Å². The van der Waals surface area contributed by atoms with Gasteiger partial charge >= 0.3 is 0 Å². The van der Waals surface area contributed by atoms with Crippen molar-refractivity contribution < 1.29 is 4.79 Å². The van der Waals surface area contributed by atoms with Gasteiger partial charge in [0.25, 0.3) is 0 Å². The first-order valence-electron chi connectivity index (χ1n) is 8.53. The molecule has 4 nitrogen and oxygen atoms in total. The second-order valence-electron chi connectivity index (χ2n) is 5.92. The van der Waals surface area contributed by atoms with Crippen molar-refractivity contribution in [3.05, 3.63) is 90.5 Å². The number of amides is 1. The van der Waals surface area contributed by atoms with Gasteiger partial charge in [-0.15, -0.1) is 0 Å². The third-order valence-corrected chi connectivity index (χ3v) is 4.83. The molecule has 132 valence electrons. The Morgan fingerprint density at radius 3 is 2.44 bits per heavy atom. The third-order valence-electron chi connectivity index (χ3n) is 3.93. The Kier molecular flexibility index (Phi) is 5.03. The lowest BCUT2D eigenvalue weighted by Gasteiger charge is -2.03. The summed E-state index contributed by atoms with van der Waals surface area (Å²) in [5.74, 6) is -0.156. The number of nitrogens with zero attached hydrogens (tertiary/aromatic N) is 1. The van der Waals surface area contributed by atoms with Crippen molar-refractivity contribution in [1.29, 1.82) is 0 Å². The quantitative estimate of drug-likeness (QED) is 0.464. The van der Waals surface area contributed by atoms with Gasteiger partial charge in [0, 0.05) is 16.7 Å². The minimum atomic E-state index is -0.156. The molecule has 0 spiro atoms. The fourth-order valence-electron chi connectivity index (χ4n) is 2.62. The molecule has 1 aromatic heterocycles. The third kappa shape index (κ3) is 4.46. The van der Waals surface area contributed by atoms with Gasteiger partial charge < -0.3 is 10.3 Å². The number of imidazole rings is 1. The zero-order valence-electron chi connectivity index (χ0n) is 14.4. The standard InChI is InChI=1S/C22H17N3OS/c26-21(15-10-16-6-2-1-3-7-16)23-17-11-13-18(14-12-17)27-22-24-19-8-4-5-9-20(19)25-22/h1-15H,(H,23,26)(H,24,25). The van der Waals surface area contributed by atoms with Crippen LogP contribution in [0.25, 0.3) is 17.1 Å². The largest absolute Gasteiger partial charge is 0.333 e. The van der Waals surface area contributed by atoms with E-state index in [2.05, 4.69) is 15.3 Å². The van der Waals surface area contributed by atoms with E-state index in [4.69, 9.17) is 0 Å². The summed E-state index contributed by atoms with van der Waals surface area (Å²) in [6.45, 7) is 0. The maximum atomic E-state index is 12.0. The van der Waals surface area contributed by atoms with Gasteiger partial charge in [-0.2, -0.15) is 0 Å². The molecule has 5 heteroatoms. The van der Waals surface area contributed by atoms with Crippen LogP contribution in [0.1, 0.15) is 5.56 Å². The van der Waals surface area contributed by atoms with Crippen molar-refractivity contribution in [1.82, 2.24) is 9.97 Å². The Balaban J connectivity index is 1.38. The molecule has 0 aliphatic carbocycles. The number of carbonyl (C=O) groups excluding carboxylic acids is 1. The number of aromatic amines is 1. The highest BCUT2D eigenvalue weighted by atomic mass is 32.2. The highest BCUT2D eigenvalue weighted by molar-refractivity contribution is 7.99. The molecule has 0 saturated heterocycles. The summed E-state index contributed by atoms with van der Waals surface area (Å²) in [5.41, 5.74) is 3.72. The molecular weight excluding hydrogens is 354 g/mol. The van der Waals surface area contributed by atoms with Crippen LogP contribution >= 0.6 is 11.8 Å². The van der Waals surface area contributed by atoms with Gasteiger partial charge in [0.2, 0.25) is 5.91 Å². The number of H-pyrrole nitrogens is 1. The van der Waals surface area contributed by atoms with Crippen LogP contribution < -0.4 is 5.32 Å². The Bertz CT molecular complexity index is 1050. The van der Waals surface area contributed by atoms with Gasteiger partial charge in [-0.1, -0.05) is 54.2 Å². The number of benzene rings is 3. The average molecular weight is 371 g/mol. The van der Waals surface area contributed by atoms with Crippen LogP contribution in [0, 0.1) is 0 Å². The molecule has 3 aromatic carbocycles. The summed E-state index contributed by atoms with van der Waals surface area (Å²) in [5, 5.41) is 3.71. The van der Waals surface area contributed by atoms with Crippen molar-refractivity contribution in [3.8, 4) is 0 Å². The number of aromatic nitrogens is 2. The van der Waals surface area contributed by atoms with Crippen LogP contribution in [0.2, 0.25) is 0 Å². The molecule has 4 aromatic rings. The van der Waals surface area contributed by atoms with E-state index in [1.165, 1.54) is 6.08 Å². The summed E-state index contributed by atoms with van der Waals surface area (Å²) >= 11 is 1.56. The number of carbonyl (C=O) groups is 1. The topological polar surface area (TPSA) is 57.8 Å². The zero-order chi connectivity index (χ0) is 18.5. The summed E-state index contributed by atoms with van der Waals surface area (Å²) in [6.07, 6.45) is 3.33. The second kappa shape index (κ2) is 7.93. The van der Waals surface area contributed by atoms with E-state index >= 15 is 0 Å². The van der Waals surface area contributed by atoms with Crippen LogP contribution in [0.3, 0.4) is 0 Å². The summed E-state index contributed by atoms with van der Waals surface area (Å²) < 4.78 is 0. The number of rotatable bonds is 5. The van der Waals surface area contributed by atoms with Crippen LogP contribution in [0.15, 0.2) is 95.0 Å². The monoisotopic (exact) mass is 371 g/mol. The number of anilines is 1. The van der Waals surface area contributed by atoms with E-state index < -0.39 is 0 Å². The minimum Gasteiger partial charge on any atom is -0.333 e. The molecule has 1 heterocycles. The molecule has 0 saturated carbocycles. The molecule has 0 aliphatic rings. The molecule has 0 bridgehead atoms. The summed E-state index contributed by atoms with van der Waals surface area (Å²) in [7, 11) is 0. The summed E-state index contributed by atoms with van der Waals surface area (Å²) in [4.78, 5) is 20.9. The molecule has 0 radical (unpaired) electrons. The Labute approximate surface area is 161 Å². The van der Waals surface area contributed by atoms with E-state index in [9.17, 15) is 4.79 Å². The lowest BCUT2D eigenvalue weighted by Crippen LogP contribution is -2.07. The first kappa shape index (κ1) is 17.1. The maximum absolute atomic E-state index is 12.0. The Morgan fingerprint density at radius 2 is 1.67 bits per heavy atom. The number of hydrogen-bond acceptors (Lipinski definition) is 3. The fraction of sp³-hybridized carbons (Fsp3) is 0. The zero-order valence-corrected chi connectivity index (χ0v) is 15.2. The van der Waals surface area contributed by atoms with E-state index in [0.717, 1.165) is 32.3 Å². The van der Waals surface area contributed by atoms with Crippen molar-refractivity contribution in [2.75, 3.05) is 5.32 Å². The molecule has 0 fully saturated rings. The van der Waals surface area contributed by atoms with Crippen molar-refractivity contribution >= 4 is 40.5 Å². The van der Waals surface area contributed by atoms with Crippen molar-refractivity contribution in [3.63, 3.8) is 0 Å². The molecule has 0 atom stereocenters. The normalized spacial score (nSPS) is 11.1. The van der Waals surface area contributed by atoms with Gasteiger partial charge in [0.1, 0.15) is 0 Å². The molecule has 27 heavy (non-hydrogen) atoms. The number of nitrogens with one attached hydrogen (secondary N) is 2. The first-order chi connectivity index (χ1) is 13.3. The van der Waals surface area contributed by atoms with Crippen LogP contribution in [0.5, 0.6) is 0 Å². The molecule has 4 rings (SSSR count). The predicted molar refractivity (Wildman–Crippen MR) is 111 cm³/mol. The van der Waals surface area contributed by atoms with Gasteiger partial charge in [-0.3, -0.25) is 4.79 Å². The minimum absolute atomic E-state index is 0.156. The predicted octanol–water partition coefficient (Wildman–Crippen LogP) is 5.37. The van der Waals surface area contributed by atoms with Gasteiger partial charge in [-0.05, 0) is 48.0 Å². The van der Waals surface area contributed by atoms with Crippen LogP contribution in [-0.2, 0) is 4.79 Å². The van der Waals surface area contributed by atoms with Crippen LogP contribution in [-0.4, -0.2) is 15.9 Å². The SMILES string of the molecule is O=C(C=Cc1ccccc1)Nc1ccc(Sc2nc3ccccc3[nH]2)cc1. The maximum Gasteiger partial charge on any atom is 0.248 e. The average Bonchev–Trinajstić information content (AvgIpc) is 3.11. The number of para-hydroxylation sites is 2.